The van der Waals surface area contributed by atoms with E-state index < -0.39 is 24.2 Å². The van der Waals surface area contributed by atoms with Crippen molar-refractivity contribution in [3.63, 3.8) is 0 Å². The van der Waals surface area contributed by atoms with Gasteiger partial charge in [-0.1, -0.05) is 40.0 Å². The highest BCUT2D eigenvalue weighted by Gasteiger charge is 2.38. The van der Waals surface area contributed by atoms with Gasteiger partial charge in [0.15, 0.2) is 0 Å². The lowest BCUT2D eigenvalue weighted by molar-refractivity contribution is -0.149. The number of nitrogens with two attached hydrogens (primary N) is 1. The van der Waals surface area contributed by atoms with E-state index in [-0.39, 0.29) is 26.2 Å². The number of carbonyl (C=O) groups excluding carboxylic acids is 3. The summed E-state index contributed by atoms with van der Waals surface area (Å²) in [5, 5.41) is 6.63. The summed E-state index contributed by atoms with van der Waals surface area (Å²) < 4.78 is 15.9. The predicted molar refractivity (Wildman–Crippen MR) is 137 cm³/mol. The fourth-order valence-electron chi connectivity index (χ4n) is 3.06. The van der Waals surface area contributed by atoms with Crippen molar-refractivity contribution in [2.75, 3.05) is 52.5 Å². The first kappa shape index (κ1) is 33.1. The minimum Gasteiger partial charge on any atom is -0.464 e. The number of hydrogen-bond acceptors (Lipinski definition) is 9. The molecular formula is C25H50N4O6. The Hall–Kier alpha value is -1.91. The molecule has 0 radical (unpaired) electrons. The second-order valence-electron chi connectivity index (χ2n) is 8.48. The molecule has 0 aromatic rings. The molecule has 0 aliphatic carbocycles. The van der Waals surface area contributed by atoms with Gasteiger partial charge in [-0.25, -0.2) is 14.4 Å². The van der Waals surface area contributed by atoms with Crippen LogP contribution in [-0.4, -0.2) is 81.6 Å². The van der Waals surface area contributed by atoms with E-state index in [0.717, 1.165) is 63.1 Å². The number of nitrogens with one attached hydrogen (secondary N) is 2. The van der Waals surface area contributed by atoms with Gasteiger partial charge >= 0.3 is 18.2 Å². The molecule has 1 unspecified atom stereocenters. The molecule has 0 rings (SSSR count). The van der Waals surface area contributed by atoms with Gasteiger partial charge in [-0.3, -0.25) is 0 Å². The Morgan fingerprint density at radius 3 is 1.63 bits per heavy atom. The van der Waals surface area contributed by atoms with Crippen LogP contribution in [0.4, 0.5) is 9.59 Å². The quantitative estimate of drug-likeness (QED) is 0.115. The van der Waals surface area contributed by atoms with E-state index >= 15 is 0 Å². The molecule has 0 heterocycles. The Bertz CT molecular complexity index is 528. The maximum absolute atomic E-state index is 12.9. The molecule has 0 aromatic heterocycles. The Labute approximate surface area is 212 Å². The zero-order chi connectivity index (χ0) is 26.2. The zero-order valence-electron chi connectivity index (χ0n) is 22.3. The van der Waals surface area contributed by atoms with Crippen molar-refractivity contribution in [2.24, 2.45) is 5.73 Å². The number of esters is 1. The maximum atomic E-state index is 12.9. The van der Waals surface area contributed by atoms with Crippen LogP contribution >= 0.6 is 0 Å². The largest absolute Gasteiger partial charge is 0.464 e. The molecule has 206 valence electrons. The normalized spacial score (nSPS) is 11.7. The van der Waals surface area contributed by atoms with E-state index in [1.165, 1.54) is 0 Å². The summed E-state index contributed by atoms with van der Waals surface area (Å²) in [5.41, 5.74) is 5.48. The summed E-state index contributed by atoms with van der Waals surface area (Å²) in [5.74, 6) is -0.621. The van der Waals surface area contributed by atoms with Gasteiger partial charge in [-0.2, -0.15) is 4.90 Å². The van der Waals surface area contributed by atoms with Crippen molar-refractivity contribution in [3.8, 4) is 0 Å². The molecule has 10 nitrogen and oxygen atoms in total. The number of ether oxygens (including phenoxy) is 3. The van der Waals surface area contributed by atoms with Gasteiger partial charge in [0.2, 0.25) is 0 Å². The average molecular weight is 503 g/mol. The van der Waals surface area contributed by atoms with Crippen LogP contribution in [0.3, 0.4) is 0 Å². The van der Waals surface area contributed by atoms with Crippen LogP contribution in [-0.2, 0) is 19.0 Å². The van der Waals surface area contributed by atoms with E-state index in [2.05, 4.69) is 10.6 Å². The van der Waals surface area contributed by atoms with Gasteiger partial charge in [0.05, 0.1) is 19.8 Å². The fourth-order valence-corrected chi connectivity index (χ4v) is 3.06. The Kier molecular flexibility index (Phi) is 22.5. The van der Waals surface area contributed by atoms with Gasteiger partial charge in [0, 0.05) is 0 Å². The maximum Gasteiger partial charge on any atom is 0.420 e. The topological polar surface area (TPSA) is 132 Å². The molecule has 0 fully saturated rings. The van der Waals surface area contributed by atoms with Gasteiger partial charge in [0.1, 0.15) is 6.04 Å². The third-order valence-corrected chi connectivity index (χ3v) is 5.28. The van der Waals surface area contributed by atoms with Crippen LogP contribution in [0.1, 0.15) is 85.0 Å². The Balaban J connectivity index is 5.04. The summed E-state index contributed by atoms with van der Waals surface area (Å²) in [6, 6.07) is -1.11. The highest BCUT2D eigenvalue weighted by Crippen LogP contribution is 2.13. The van der Waals surface area contributed by atoms with Crippen LogP contribution in [0.25, 0.3) is 0 Å². The SMILES string of the molecule is CCCCOC(=O)C(CCNCCCCNCCCN)N(C(=O)OCCCC)C(=O)OCCCC. The number of carbonyl (C=O) groups is 3. The molecule has 35 heavy (non-hydrogen) atoms. The van der Waals surface area contributed by atoms with Crippen LogP contribution in [0.2, 0.25) is 0 Å². The number of nitrogens with zero attached hydrogens (tertiary/aromatic N) is 1. The minimum atomic E-state index is -1.11. The third-order valence-electron chi connectivity index (χ3n) is 5.28. The Morgan fingerprint density at radius 1 is 0.686 bits per heavy atom. The van der Waals surface area contributed by atoms with Crippen LogP contribution in [0.5, 0.6) is 0 Å². The monoisotopic (exact) mass is 502 g/mol. The zero-order valence-corrected chi connectivity index (χ0v) is 22.3. The van der Waals surface area contributed by atoms with E-state index in [4.69, 9.17) is 19.9 Å². The molecule has 0 bridgehead atoms. The lowest BCUT2D eigenvalue weighted by atomic mass is 10.1. The molecule has 0 spiro atoms. The first-order valence-electron chi connectivity index (χ1n) is 13.4. The fraction of sp³-hybridized carbons (Fsp3) is 0.880. The highest BCUT2D eigenvalue weighted by atomic mass is 16.6. The molecule has 0 saturated carbocycles. The van der Waals surface area contributed by atoms with Crippen LogP contribution in [0, 0.1) is 0 Å². The molecule has 0 aliphatic heterocycles. The van der Waals surface area contributed by atoms with Crippen molar-refractivity contribution in [1.29, 1.82) is 0 Å². The molecule has 0 aliphatic rings. The number of rotatable bonds is 22. The smallest absolute Gasteiger partial charge is 0.420 e. The number of unbranched alkanes of at least 4 members (excludes halogenated alkanes) is 4. The number of imide groups is 1. The molecule has 0 saturated heterocycles. The van der Waals surface area contributed by atoms with E-state index in [1.54, 1.807) is 0 Å². The molecule has 0 aromatic carbocycles. The van der Waals surface area contributed by atoms with Crippen molar-refractivity contribution >= 4 is 18.2 Å². The van der Waals surface area contributed by atoms with Crippen molar-refractivity contribution in [1.82, 2.24) is 15.5 Å². The number of amides is 2. The first-order valence-corrected chi connectivity index (χ1v) is 13.4. The van der Waals surface area contributed by atoms with Gasteiger partial charge < -0.3 is 30.6 Å². The standard InChI is InChI=1S/C25H50N4O6/c1-4-7-19-33-23(30)22(13-18-28-16-11-10-15-27-17-12-14-26)29(24(31)34-20-8-5-2)25(32)35-21-9-6-3/h22,27-28H,4-21,26H2,1-3H3. The van der Waals surface area contributed by atoms with E-state index in [0.29, 0.717) is 32.4 Å². The molecular weight excluding hydrogens is 452 g/mol. The highest BCUT2D eigenvalue weighted by molar-refractivity contribution is 5.93. The van der Waals surface area contributed by atoms with Gasteiger partial charge in [0.25, 0.3) is 0 Å². The van der Waals surface area contributed by atoms with Crippen LogP contribution < -0.4 is 16.4 Å². The minimum absolute atomic E-state index is 0.170. The molecule has 10 heteroatoms. The van der Waals surface area contributed by atoms with Crippen LogP contribution in [0.15, 0.2) is 0 Å². The lowest BCUT2D eigenvalue weighted by Crippen LogP contribution is -2.51. The van der Waals surface area contributed by atoms with E-state index in [1.807, 2.05) is 20.8 Å². The molecule has 2 amide bonds. The summed E-state index contributed by atoms with van der Waals surface area (Å²) in [6.45, 7) is 10.2. The second kappa shape index (κ2) is 23.8. The lowest BCUT2D eigenvalue weighted by Gasteiger charge is -2.27. The van der Waals surface area contributed by atoms with Crippen molar-refractivity contribution in [3.05, 3.63) is 0 Å². The van der Waals surface area contributed by atoms with Crippen molar-refractivity contribution < 1.29 is 28.6 Å². The third kappa shape index (κ3) is 17.2. The number of hydrogen-bond donors (Lipinski definition) is 3. The summed E-state index contributed by atoms with van der Waals surface area (Å²) in [4.78, 5) is 39.3. The van der Waals surface area contributed by atoms with E-state index in [9.17, 15) is 14.4 Å². The summed E-state index contributed by atoms with van der Waals surface area (Å²) in [6.07, 6.45) is 5.98. The predicted octanol–water partition coefficient (Wildman–Crippen LogP) is 3.57. The van der Waals surface area contributed by atoms with Gasteiger partial charge in [-0.15, -0.1) is 0 Å². The second-order valence-corrected chi connectivity index (χ2v) is 8.48. The Morgan fingerprint density at radius 2 is 1.14 bits per heavy atom. The average Bonchev–Trinajstić information content (AvgIpc) is 2.84. The molecule has 1 atom stereocenters. The molecule has 4 N–H and O–H groups in total. The first-order chi connectivity index (χ1) is 17.0. The summed E-state index contributed by atoms with van der Waals surface area (Å²) >= 11 is 0. The van der Waals surface area contributed by atoms with Gasteiger partial charge in [-0.05, 0) is 77.7 Å². The summed E-state index contributed by atoms with van der Waals surface area (Å²) in [7, 11) is 0. The van der Waals surface area contributed by atoms with Crippen molar-refractivity contribution in [2.45, 2.75) is 91.0 Å².